The van der Waals surface area contributed by atoms with Gasteiger partial charge in [0.15, 0.2) is 0 Å². The van der Waals surface area contributed by atoms with Crippen LogP contribution in [0.4, 0.5) is 11.5 Å². The Morgan fingerprint density at radius 1 is 1.43 bits per heavy atom. The van der Waals surface area contributed by atoms with Gasteiger partial charge in [-0.05, 0) is 45.7 Å². The summed E-state index contributed by atoms with van der Waals surface area (Å²) in [4.78, 5) is 13.2. The number of hydrogen-bond acceptors (Lipinski definition) is 5. The van der Waals surface area contributed by atoms with Crippen molar-refractivity contribution in [2.45, 2.75) is 40.2 Å². The van der Waals surface area contributed by atoms with Crippen molar-refractivity contribution in [2.24, 2.45) is 5.92 Å². The van der Waals surface area contributed by atoms with Crippen molar-refractivity contribution in [3.05, 3.63) is 15.8 Å². The first-order valence-corrected chi connectivity index (χ1v) is 7.71. The van der Waals surface area contributed by atoms with E-state index < -0.39 is 0 Å². The number of rotatable bonds is 6. The molecule has 0 radical (unpaired) electrons. The maximum atomic E-state index is 11.2. The lowest BCUT2D eigenvalue weighted by atomic mass is 9.99. The molecule has 7 heteroatoms. The fourth-order valence-corrected chi connectivity index (χ4v) is 2.81. The molecule has 0 amide bonds. The summed E-state index contributed by atoms with van der Waals surface area (Å²) >= 11 is 0. The Balaban J connectivity index is 1.95. The third kappa shape index (κ3) is 3.72. The Morgan fingerprint density at radius 3 is 2.67 bits per heavy atom. The van der Waals surface area contributed by atoms with Crippen LogP contribution in [0.15, 0.2) is 0 Å². The van der Waals surface area contributed by atoms with Gasteiger partial charge in [-0.25, -0.2) is 4.68 Å². The van der Waals surface area contributed by atoms with Crippen LogP contribution in [-0.2, 0) is 6.54 Å². The van der Waals surface area contributed by atoms with E-state index in [1.165, 1.54) is 12.8 Å². The first kappa shape index (κ1) is 15.8. The Bertz CT molecular complexity index is 492. The number of likely N-dealkylation sites (tertiary alicyclic amines) is 1. The zero-order chi connectivity index (χ0) is 15.4. The van der Waals surface area contributed by atoms with Crippen LogP contribution in [0.1, 0.15) is 32.4 Å². The number of aryl methyl sites for hydroxylation is 2. The van der Waals surface area contributed by atoms with E-state index in [1.807, 2.05) is 6.92 Å². The highest BCUT2D eigenvalue weighted by molar-refractivity contribution is 5.59. The number of nitro groups is 1. The second kappa shape index (κ2) is 6.89. The van der Waals surface area contributed by atoms with Crippen molar-refractivity contribution in [3.63, 3.8) is 0 Å². The van der Waals surface area contributed by atoms with Gasteiger partial charge in [-0.2, -0.15) is 5.10 Å². The van der Waals surface area contributed by atoms with Crippen LogP contribution >= 0.6 is 0 Å². The molecule has 1 saturated heterocycles. The molecule has 1 aromatic rings. The summed E-state index contributed by atoms with van der Waals surface area (Å²) < 4.78 is 1.67. The number of anilines is 1. The first-order chi connectivity index (χ1) is 10.0. The highest BCUT2D eigenvalue weighted by Gasteiger charge is 2.24. The molecular weight excluding hydrogens is 270 g/mol. The van der Waals surface area contributed by atoms with Gasteiger partial charge in [-0.1, -0.05) is 6.92 Å². The lowest BCUT2D eigenvalue weighted by Gasteiger charge is -2.30. The SMILES string of the molecule is CCn1nc(C)c([N+](=O)[O-])c1NCCN1CCC(C)CC1. The van der Waals surface area contributed by atoms with Crippen LogP contribution < -0.4 is 5.32 Å². The van der Waals surface area contributed by atoms with Crippen LogP contribution in [0.25, 0.3) is 0 Å². The minimum absolute atomic E-state index is 0.101. The molecular formula is C14H25N5O2. The van der Waals surface area contributed by atoms with Gasteiger partial charge in [0.05, 0.1) is 4.92 Å². The third-order valence-electron chi connectivity index (χ3n) is 4.17. The third-order valence-corrected chi connectivity index (χ3v) is 4.17. The van der Waals surface area contributed by atoms with Gasteiger partial charge < -0.3 is 10.2 Å². The molecule has 0 bridgehead atoms. The van der Waals surface area contributed by atoms with E-state index in [2.05, 4.69) is 22.2 Å². The van der Waals surface area contributed by atoms with Crippen molar-refractivity contribution in [1.82, 2.24) is 14.7 Å². The van der Waals surface area contributed by atoms with E-state index in [0.29, 0.717) is 24.6 Å². The van der Waals surface area contributed by atoms with E-state index in [1.54, 1.807) is 11.6 Å². The normalized spacial score (nSPS) is 17.1. The molecule has 0 unspecified atom stereocenters. The minimum atomic E-state index is -0.348. The maximum Gasteiger partial charge on any atom is 0.333 e. The highest BCUT2D eigenvalue weighted by atomic mass is 16.6. The molecule has 118 valence electrons. The lowest BCUT2D eigenvalue weighted by molar-refractivity contribution is -0.384. The molecule has 1 aromatic heterocycles. The summed E-state index contributed by atoms with van der Waals surface area (Å²) in [6.07, 6.45) is 2.48. The van der Waals surface area contributed by atoms with E-state index in [0.717, 1.165) is 25.6 Å². The molecule has 1 aliphatic rings. The van der Waals surface area contributed by atoms with Crippen LogP contribution in [0.5, 0.6) is 0 Å². The summed E-state index contributed by atoms with van der Waals surface area (Å²) in [7, 11) is 0. The van der Waals surface area contributed by atoms with Crippen molar-refractivity contribution in [3.8, 4) is 0 Å². The fourth-order valence-electron chi connectivity index (χ4n) is 2.81. The standard InChI is InChI=1S/C14H25N5O2/c1-4-18-14(13(19(20)21)12(3)16-18)15-7-10-17-8-5-11(2)6-9-17/h11,15H,4-10H2,1-3H3. The second-order valence-electron chi connectivity index (χ2n) is 5.81. The fraction of sp³-hybridized carbons (Fsp3) is 0.786. The van der Waals surface area contributed by atoms with Gasteiger partial charge in [0, 0.05) is 19.6 Å². The molecule has 0 aliphatic carbocycles. The number of nitrogens with one attached hydrogen (secondary N) is 1. The minimum Gasteiger partial charge on any atom is -0.363 e. The lowest BCUT2D eigenvalue weighted by Crippen LogP contribution is -2.36. The Kier molecular flexibility index (Phi) is 5.17. The average Bonchev–Trinajstić information content (AvgIpc) is 2.77. The van der Waals surface area contributed by atoms with Gasteiger partial charge in [0.25, 0.3) is 0 Å². The van der Waals surface area contributed by atoms with E-state index in [9.17, 15) is 10.1 Å². The predicted octanol–water partition coefficient (Wildman–Crippen LogP) is 2.26. The number of hydrogen-bond donors (Lipinski definition) is 1. The summed E-state index contributed by atoms with van der Waals surface area (Å²) in [5.74, 6) is 1.35. The van der Waals surface area contributed by atoms with Crippen LogP contribution in [0, 0.1) is 23.0 Å². The molecule has 1 N–H and O–H groups in total. The molecule has 0 aromatic carbocycles. The summed E-state index contributed by atoms with van der Waals surface area (Å²) in [5.41, 5.74) is 0.570. The molecule has 7 nitrogen and oxygen atoms in total. The smallest absolute Gasteiger partial charge is 0.333 e. The molecule has 2 rings (SSSR count). The van der Waals surface area contributed by atoms with E-state index >= 15 is 0 Å². The Morgan fingerprint density at radius 2 is 2.10 bits per heavy atom. The number of aromatic nitrogens is 2. The van der Waals surface area contributed by atoms with Crippen molar-refractivity contribution in [1.29, 1.82) is 0 Å². The predicted molar refractivity (Wildman–Crippen MR) is 82.6 cm³/mol. The molecule has 21 heavy (non-hydrogen) atoms. The van der Waals surface area contributed by atoms with Gasteiger partial charge >= 0.3 is 5.69 Å². The van der Waals surface area contributed by atoms with Crippen molar-refractivity contribution >= 4 is 11.5 Å². The molecule has 2 heterocycles. The Hall–Kier alpha value is -1.63. The van der Waals surface area contributed by atoms with Crippen LogP contribution in [-0.4, -0.2) is 45.8 Å². The molecule has 0 atom stereocenters. The van der Waals surface area contributed by atoms with Gasteiger partial charge in [-0.3, -0.25) is 10.1 Å². The molecule has 0 saturated carbocycles. The monoisotopic (exact) mass is 295 g/mol. The number of piperidine rings is 1. The van der Waals surface area contributed by atoms with E-state index in [-0.39, 0.29) is 10.6 Å². The van der Waals surface area contributed by atoms with Crippen molar-refractivity contribution < 1.29 is 4.92 Å². The summed E-state index contributed by atoms with van der Waals surface area (Å²) in [5, 5.41) is 18.6. The molecule has 0 spiro atoms. The quantitative estimate of drug-likeness (QED) is 0.643. The highest BCUT2D eigenvalue weighted by Crippen LogP contribution is 2.27. The maximum absolute atomic E-state index is 11.2. The van der Waals surface area contributed by atoms with Crippen LogP contribution in [0.3, 0.4) is 0 Å². The zero-order valence-corrected chi connectivity index (χ0v) is 13.1. The zero-order valence-electron chi connectivity index (χ0n) is 13.1. The molecule has 1 fully saturated rings. The van der Waals surface area contributed by atoms with E-state index in [4.69, 9.17) is 0 Å². The molecule has 1 aliphatic heterocycles. The first-order valence-electron chi connectivity index (χ1n) is 7.71. The summed E-state index contributed by atoms with van der Waals surface area (Å²) in [6.45, 7) is 10.4. The van der Waals surface area contributed by atoms with Gasteiger partial charge in [-0.15, -0.1) is 0 Å². The van der Waals surface area contributed by atoms with Crippen molar-refractivity contribution in [2.75, 3.05) is 31.5 Å². The number of nitrogens with zero attached hydrogens (tertiary/aromatic N) is 4. The Labute approximate surface area is 125 Å². The van der Waals surface area contributed by atoms with Crippen LogP contribution in [0.2, 0.25) is 0 Å². The largest absolute Gasteiger partial charge is 0.363 e. The average molecular weight is 295 g/mol. The van der Waals surface area contributed by atoms with Gasteiger partial charge in [0.2, 0.25) is 5.82 Å². The van der Waals surface area contributed by atoms with Gasteiger partial charge in [0.1, 0.15) is 5.69 Å². The topological polar surface area (TPSA) is 76.2 Å². The second-order valence-corrected chi connectivity index (χ2v) is 5.81. The summed E-state index contributed by atoms with van der Waals surface area (Å²) in [6, 6.07) is 0.